The van der Waals surface area contributed by atoms with Gasteiger partial charge < -0.3 is 9.84 Å². The highest BCUT2D eigenvalue weighted by atomic mass is 79.9. The highest BCUT2D eigenvalue weighted by Crippen LogP contribution is 2.33. The molecule has 1 N–H and O–H groups in total. The summed E-state index contributed by atoms with van der Waals surface area (Å²) in [6, 6.07) is 13.7. The molecule has 0 atom stereocenters. The standard InChI is InChI=1S/C14H13BrO2S/c1-17-12-4-6-13(7-5-12)18-14-8-11(15)3-2-10(14)9-16/h2-8,16H,9H2,1H3. The first-order valence-electron chi connectivity index (χ1n) is 5.44. The maximum atomic E-state index is 9.32. The first-order chi connectivity index (χ1) is 8.72. The second-order valence-corrected chi connectivity index (χ2v) is 5.72. The summed E-state index contributed by atoms with van der Waals surface area (Å²) >= 11 is 5.07. The third kappa shape index (κ3) is 3.28. The van der Waals surface area contributed by atoms with Gasteiger partial charge in [-0.2, -0.15) is 0 Å². The van der Waals surface area contributed by atoms with Crippen LogP contribution >= 0.6 is 27.7 Å². The van der Waals surface area contributed by atoms with Crippen molar-refractivity contribution in [1.29, 1.82) is 0 Å². The topological polar surface area (TPSA) is 29.5 Å². The number of methoxy groups -OCH3 is 1. The number of aliphatic hydroxyl groups is 1. The van der Waals surface area contributed by atoms with Crippen LogP contribution in [-0.2, 0) is 6.61 Å². The Labute approximate surface area is 119 Å². The molecule has 0 saturated heterocycles. The van der Waals surface area contributed by atoms with Crippen molar-refractivity contribution in [1.82, 2.24) is 0 Å². The summed E-state index contributed by atoms with van der Waals surface area (Å²) in [5, 5.41) is 9.32. The largest absolute Gasteiger partial charge is 0.497 e. The molecule has 0 aliphatic carbocycles. The fourth-order valence-electron chi connectivity index (χ4n) is 1.52. The molecule has 94 valence electrons. The van der Waals surface area contributed by atoms with Gasteiger partial charge in [0.1, 0.15) is 5.75 Å². The van der Waals surface area contributed by atoms with Crippen LogP contribution in [0.2, 0.25) is 0 Å². The van der Waals surface area contributed by atoms with Crippen molar-refractivity contribution in [2.45, 2.75) is 16.4 Å². The van der Waals surface area contributed by atoms with Crippen LogP contribution in [0.3, 0.4) is 0 Å². The van der Waals surface area contributed by atoms with E-state index in [0.717, 1.165) is 25.6 Å². The Morgan fingerprint density at radius 2 is 1.89 bits per heavy atom. The van der Waals surface area contributed by atoms with Crippen LogP contribution < -0.4 is 4.74 Å². The summed E-state index contributed by atoms with van der Waals surface area (Å²) in [5.41, 5.74) is 0.930. The van der Waals surface area contributed by atoms with Gasteiger partial charge >= 0.3 is 0 Å². The van der Waals surface area contributed by atoms with Crippen molar-refractivity contribution in [3.63, 3.8) is 0 Å². The maximum Gasteiger partial charge on any atom is 0.118 e. The Bertz CT molecular complexity index is 526. The third-order valence-electron chi connectivity index (χ3n) is 2.49. The van der Waals surface area contributed by atoms with Crippen LogP contribution in [0.1, 0.15) is 5.56 Å². The van der Waals surface area contributed by atoms with Gasteiger partial charge in [0, 0.05) is 14.3 Å². The van der Waals surface area contributed by atoms with Gasteiger partial charge in [-0.1, -0.05) is 33.8 Å². The highest BCUT2D eigenvalue weighted by molar-refractivity contribution is 9.10. The number of aliphatic hydroxyl groups excluding tert-OH is 1. The van der Waals surface area contributed by atoms with Crippen LogP contribution in [0.15, 0.2) is 56.7 Å². The number of hydrogen-bond acceptors (Lipinski definition) is 3. The van der Waals surface area contributed by atoms with Crippen LogP contribution in [0, 0.1) is 0 Å². The van der Waals surface area contributed by atoms with Crippen molar-refractivity contribution in [3.8, 4) is 5.75 Å². The summed E-state index contributed by atoms with van der Waals surface area (Å²) in [5.74, 6) is 0.843. The lowest BCUT2D eigenvalue weighted by molar-refractivity contribution is 0.279. The third-order valence-corrected chi connectivity index (χ3v) is 4.09. The molecule has 0 amide bonds. The Balaban J connectivity index is 2.24. The van der Waals surface area contributed by atoms with E-state index in [0.29, 0.717) is 0 Å². The van der Waals surface area contributed by atoms with Crippen LogP contribution in [-0.4, -0.2) is 12.2 Å². The molecule has 0 fully saturated rings. The molecule has 0 aliphatic rings. The molecule has 4 heteroatoms. The number of halogens is 1. The van der Waals surface area contributed by atoms with Crippen molar-refractivity contribution in [3.05, 3.63) is 52.5 Å². The molecule has 2 aromatic rings. The molecule has 2 aromatic carbocycles. The average Bonchev–Trinajstić information content (AvgIpc) is 2.40. The molecule has 0 unspecified atom stereocenters. The summed E-state index contributed by atoms with van der Waals surface area (Å²) in [6.07, 6.45) is 0. The highest BCUT2D eigenvalue weighted by Gasteiger charge is 2.05. The Kier molecular flexibility index (Phi) is 4.69. The SMILES string of the molecule is COc1ccc(Sc2cc(Br)ccc2CO)cc1. The molecule has 0 bridgehead atoms. The summed E-state index contributed by atoms with van der Waals surface area (Å²) in [7, 11) is 1.65. The second kappa shape index (κ2) is 6.27. The number of ether oxygens (including phenoxy) is 1. The van der Waals surface area contributed by atoms with Crippen LogP contribution in [0.4, 0.5) is 0 Å². The van der Waals surface area contributed by atoms with Gasteiger partial charge in [0.2, 0.25) is 0 Å². The fourth-order valence-corrected chi connectivity index (χ4v) is 3.01. The zero-order chi connectivity index (χ0) is 13.0. The van der Waals surface area contributed by atoms with Gasteiger partial charge in [-0.25, -0.2) is 0 Å². The minimum Gasteiger partial charge on any atom is -0.497 e. The van der Waals surface area contributed by atoms with Crippen molar-refractivity contribution in [2.75, 3.05) is 7.11 Å². The molecular weight excluding hydrogens is 312 g/mol. The van der Waals surface area contributed by atoms with Gasteiger partial charge in [-0.05, 0) is 42.0 Å². The number of rotatable bonds is 4. The monoisotopic (exact) mass is 324 g/mol. The van der Waals surface area contributed by atoms with Crippen molar-refractivity contribution in [2.24, 2.45) is 0 Å². The number of hydrogen-bond donors (Lipinski definition) is 1. The van der Waals surface area contributed by atoms with Gasteiger partial charge in [-0.15, -0.1) is 0 Å². The second-order valence-electron chi connectivity index (χ2n) is 3.69. The van der Waals surface area contributed by atoms with Gasteiger partial charge in [-0.3, -0.25) is 0 Å². The molecule has 0 aromatic heterocycles. The quantitative estimate of drug-likeness (QED) is 0.918. The first-order valence-corrected chi connectivity index (χ1v) is 7.05. The molecule has 0 heterocycles. The van der Waals surface area contributed by atoms with Gasteiger partial charge in [0.15, 0.2) is 0 Å². The minimum atomic E-state index is 0.0474. The van der Waals surface area contributed by atoms with E-state index >= 15 is 0 Å². The maximum absolute atomic E-state index is 9.32. The van der Waals surface area contributed by atoms with E-state index in [-0.39, 0.29) is 6.61 Å². The fraction of sp³-hybridized carbons (Fsp3) is 0.143. The zero-order valence-corrected chi connectivity index (χ0v) is 12.3. The van der Waals surface area contributed by atoms with Gasteiger partial charge in [0.05, 0.1) is 13.7 Å². The van der Waals surface area contributed by atoms with E-state index in [1.807, 2.05) is 42.5 Å². The van der Waals surface area contributed by atoms with E-state index in [2.05, 4.69) is 15.9 Å². The van der Waals surface area contributed by atoms with E-state index in [9.17, 15) is 5.11 Å². The van der Waals surface area contributed by atoms with E-state index in [4.69, 9.17) is 4.74 Å². The lowest BCUT2D eigenvalue weighted by atomic mass is 10.2. The molecule has 2 rings (SSSR count). The number of benzene rings is 2. The molecule has 2 nitrogen and oxygen atoms in total. The predicted molar refractivity (Wildman–Crippen MR) is 77.2 cm³/mol. The summed E-state index contributed by atoms with van der Waals surface area (Å²) in [4.78, 5) is 2.17. The Morgan fingerprint density at radius 3 is 2.50 bits per heavy atom. The van der Waals surface area contributed by atoms with E-state index in [1.165, 1.54) is 0 Å². The minimum absolute atomic E-state index is 0.0474. The zero-order valence-electron chi connectivity index (χ0n) is 9.89. The Morgan fingerprint density at radius 1 is 1.17 bits per heavy atom. The molecule has 0 saturated carbocycles. The first kappa shape index (κ1) is 13.5. The van der Waals surface area contributed by atoms with Crippen LogP contribution in [0.25, 0.3) is 0 Å². The van der Waals surface area contributed by atoms with Gasteiger partial charge in [0.25, 0.3) is 0 Å². The lowest BCUT2D eigenvalue weighted by Crippen LogP contribution is -1.87. The summed E-state index contributed by atoms with van der Waals surface area (Å²) < 4.78 is 6.14. The molecule has 0 spiro atoms. The van der Waals surface area contributed by atoms with Crippen LogP contribution in [0.5, 0.6) is 5.75 Å². The molecule has 18 heavy (non-hydrogen) atoms. The predicted octanol–water partition coefficient (Wildman–Crippen LogP) is 4.10. The van der Waals surface area contributed by atoms with Crippen molar-refractivity contribution >= 4 is 27.7 Å². The molecule has 0 radical (unpaired) electrons. The normalized spacial score (nSPS) is 10.4. The van der Waals surface area contributed by atoms with Crippen molar-refractivity contribution < 1.29 is 9.84 Å². The molecule has 0 aliphatic heterocycles. The van der Waals surface area contributed by atoms with E-state index in [1.54, 1.807) is 18.9 Å². The van der Waals surface area contributed by atoms with E-state index < -0.39 is 0 Å². The molecular formula is C14H13BrO2S. The lowest BCUT2D eigenvalue weighted by Gasteiger charge is -2.08. The Hall–Kier alpha value is -0.970. The smallest absolute Gasteiger partial charge is 0.118 e. The average molecular weight is 325 g/mol. The summed E-state index contributed by atoms with van der Waals surface area (Å²) in [6.45, 7) is 0.0474.